The Balaban J connectivity index is 1.52. The van der Waals surface area contributed by atoms with Crippen LogP contribution in [0.1, 0.15) is 25.3 Å². The molecule has 0 bridgehead atoms. The van der Waals surface area contributed by atoms with Crippen LogP contribution in [-0.4, -0.2) is 59.5 Å². The first-order valence-corrected chi connectivity index (χ1v) is 12.6. The molecule has 1 unspecified atom stereocenters. The Kier molecular flexibility index (Phi) is 6.13. The predicted octanol–water partition coefficient (Wildman–Crippen LogP) is 5.17. The van der Waals surface area contributed by atoms with Crippen LogP contribution in [0.15, 0.2) is 36.7 Å². The van der Waals surface area contributed by atoms with Crippen molar-refractivity contribution in [3.8, 4) is 5.75 Å². The van der Waals surface area contributed by atoms with Crippen LogP contribution in [-0.2, 0) is 6.42 Å². The molecule has 0 saturated carbocycles. The summed E-state index contributed by atoms with van der Waals surface area (Å²) in [7, 11) is 4.02. The summed E-state index contributed by atoms with van der Waals surface area (Å²) in [5.74, 6) is 1.00. The summed E-state index contributed by atoms with van der Waals surface area (Å²) >= 11 is 0. The number of aryl methyl sites for hydroxylation is 1. The van der Waals surface area contributed by atoms with Gasteiger partial charge in [0.2, 0.25) is 5.65 Å². The number of halogens is 1. The second-order valence-corrected chi connectivity index (χ2v) is 10.9. The van der Waals surface area contributed by atoms with Gasteiger partial charge in [-0.05, 0) is 77.8 Å². The Hall–Kier alpha value is -2.83. The van der Waals surface area contributed by atoms with Crippen LogP contribution in [0.4, 0.5) is 26.4 Å². The number of amides is 1. The van der Waals surface area contributed by atoms with Gasteiger partial charge in [-0.2, -0.15) is 0 Å². The number of carbonyl (C=O) groups excluding carboxylic acids is 1. The molecule has 9 heteroatoms. The number of likely N-dealkylation sites (tertiary alicyclic amines) is 1. The number of nitrogens with zero attached hydrogens (tertiary/aromatic N) is 4. The first-order chi connectivity index (χ1) is 16.4. The Bertz CT molecular complexity index is 1250. The van der Waals surface area contributed by atoms with Gasteiger partial charge < -0.3 is 19.9 Å². The third-order valence-corrected chi connectivity index (χ3v) is 8.61. The summed E-state index contributed by atoms with van der Waals surface area (Å²) in [6.45, 7) is 4.66. The smallest absolute Gasteiger partial charge is 0.245 e. The number of aromatic nitrogens is 2. The van der Waals surface area contributed by atoms with E-state index >= 15 is 0 Å². The van der Waals surface area contributed by atoms with Gasteiger partial charge in [-0.1, -0.05) is 6.92 Å². The van der Waals surface area contributed by atoms with Crippen LogP contribution < -0.4 is 15.0 Å². The molecule has 0 radical (unpaired) electrons. The molecule has 34 heavy (non-hydrogen) atoms. The van der Waals surface area contributed by atoms with Crippen LogP contribution >= 0.6 is 8.58 Å². The van der Waals surface area contributed by atoms with E-state index in [9.17, 15) is 9.18 Å². The fraction of sp³-hybridized carbons (Fsp3) is 0.400. The van der Waals surface area contributed by atoms with E-state index in [0.717, 1.165) is 42.7 Å². The molecule has 2 saturated heterocycles. The maximum absolute atomic E-state index is 14.0. The standard InChI is InChI=1S/C25H29FN5O2P/c1-4-16-11-17(5-6-19(16)26)29-23-18-12-21(22(33-3)13-20(18)27-15-28-23)31-14-25(34-24(31)32)7-9-30(2)10-8-25/h5-6,11-13,15,34H,4,7-10,14H2,1-3H3,(H,27,28,29). The van der Waals surface area contributed by atoms with Crippen molar-refractivity contribution in [1.29, 1.82) is 0 Å². The lowest BCUT2D eigenvalue weighted by atomic mass is 9.95. The van der Waals surface area contributed by atoms with Crippen molar-refractivity contribution >= 4 is 42.3 Å². The minimum atomic E-state index is -0.219. The minimum Gasteiger partial charge on any atom is -0.494 e. The molecular weight excluding hydrogens is 452 g/mol. The molecule has 1 amide bonds. The van der Waals surface area contributed by atoms with E-state index in [-0.39, 0.29) is 25.2 Å². The fourth-order valence-corrected chi connectivity index (χ4v) is 6.34. The number of hydrogen-bond acceptors (Lipinski definition) is 6. The molecule has 3 aromatic rings. The molecule has 1 aromatic heterocycles. The Labute approximate surface area is 200 Å². The van der Waals surface area contributed by atoms with Gasteiger partial charge >= 0.3 is 0 Å². The second-order valence-electron chi connectivity index (χ2n) is 9.15. The maximum Gasteiger partial charge on any atom is 0.245 e. The molecule has 1 atom stereocenters. The molecule has 3 heterocycles. The van der Waals surface area contributed by atoms with Crippen molar-refractivity contribution in [3.63, 3.8) is 0 Å². The van der Waals surface area contributed by atoms with E-state index in [4.69, 9.17) is 4.74 Å². The number of methoxy groups -OCH3 is 1. The van der Waals surface area contributed by atoms with Crippen molar-refractivity contribution in [1.82, 2.24) is 14.9 Å². The number of carbonyl (C=O) groups is 1. The molecule has 2 aliphatic rings. The molecule has 2 fully saturated rings. The fourth-order valence-electron chi connectivity index (χ4n) is 4.84. The number of ether oxygens (including phenoxy) is 1. The molecule has 1 spiro atoms. The minimum absolute atomic E-state index is 0.0441. The predicted molar refractivity (Wildman–Crippen MR) is 136 cm³/mol. The largest absolute Gasteiger partial charge is 0.494 e. The average Bonchev–Trinajstić information content (AvgIpc) is 3.17. The second kappa shape index (κ2) is 9.08. The number of piperidine rings is 1. The van der Waals surface area contributed by atoms with Crippen LogP contribution in [0, 0.1) is 5.82 Å². The van der Waals surface area contributed by atoms with Gasteiger partial charge in [0.15, 0.2) is 0 Å². The van der Waals surface area contributed by atoms with Crippen molar-refractivity contribution in [2.24, 2.45) is 0 Å². The van der Waals surface area contributed by atoms with Gasteiger partial charge in [-0.3, -0.25) is 4.79 Å². The Morgan fingerprint density at radius 1 is 1.21 bits per heavy atom. The number of fused-ring (bicyclic) bond motifs is 1. The summed E-state index contributed by atoms with van der Waals surface area (Å²) in [6, 6.07) is 8.75. The Morgan fingerprint density at radius 2 is 2.00 bits per heavy atom. The van der Waals surface area contributed by atoms with E-state index in [2.05, 4.69) is 27.2 Å². The third kappa shape index (κ3) is 4.21. The van der Waals surface area contributed by atoms with E-state index in [1.807, 2.05) is 24.0 Å². The van der Waals surface area contributed by atoms with Crippen molar-refractivity contribution in [3.05, 3.63) is 48.0 Å². The van der Waals surface area contributed by atoms with Crippen molar-refractivity contribution < 1.29 is 13.9 Å². The van der Waals surface area contributed by atoms with Crippen molar-refractivity contribution in [2.45, 2.75) is 31.3 Å². The van der Waals surface area contributed by atoms with Gasteiger partial charge in [-0.25, -0.2) is 14.4 Å². The molecule has 2 aliphatic heterocycles. The number of rotatable bonds is 5. The molecule has 0 aliphatic carbocycles. The third-order valence-electron chi connectivity index (χ3n) is 6.94. The van der Waals surface area contributed by atoms with E-state index in [1.54, 1.807) is 19.2 Å². The van der Waals surface area contributed by atoms with Crippen LogP contribution in [0.3, 0.4) is 0 Å². The highest BCUT2D eigenvalue weighted by molar-refractivity contribution is 7.60. The highest BCUT2D eigenvalue weighted by atomic mass is 31.1. The highest BCUT2D eigenvalue weighted by Crippen LogP contribution is 2.51. The van der Waals surface area contributed by atoms with E-state index in [0.29, 0.717) is 35.6 Å². The summed E-state index contributed by atoms with van der Waals surface area (Å²) in [4.78, 5) is 26.3. The van der Waals surface area contributed by atoms with Gasteiger partial charge in [0, 0.05) is 28.8 Å². The number of benzene rings is 2. The number of hydrogen-bond donors (Lipinski definition) is 1. The zero-order valence-electron chi connectivity index (χ0n) is 19.7. The molecule has 5 rings (SSSR count). The zero-order chi connectivity index (χ0) is 23.9. The van der Waals surface area contributed by atoms with Gasteiger partial charge in [0.25, 0.3) is 0 Å². The summed E-state index contributed by atoms with van der Waals surface area (Å²) in [5, 5.41) is 4.13. The first kappa shape index (κ1) is 22.9. The average molecular weight is 482 g/mol. The molecule has 2 aromatic carbocycles. The maximum atomic E-state index is 14.0. The van der Waals surface area contributed by atoms with Gasteiger partial charge in [0.1, 0.15) is 23.7 Å². The summed E-state index contributed by atoms with van der Waals surface area (Å²) in [5.41, 5.74) is 2.99. The highest BCUT2D eigenvalue weighted by Gasteiger charge is 2.45. The normalized spacial score (nSPS) is 18.8. The number of nitrogens with one attached hydrogen (secondary N) is 1. The molecule has 178 valence electrons. The van der Waals surface area contributed by atoms with Crippen LogP contribution in [0.5, 0.6) is 5.75 Å². The molecular formula is C25H29FN5O2P. The van der Waals surface area contributed by atoms with E-state index in [1.165, 1.54) is 12.4 Å². The van der Waals surface area contributed by atoms with Crippen LogP contribution in [0.2, 0.25) is 0 Å². The van der Waals surface area contributed by atoms with E-state index < -0.39 is 0 Å². The lowest BCUT2D eigenvalue weighted by Gasteiger charge is -2.36. The zero-order valence-corrected chi connectivity index (χ0v) is 20.7. The monoisotopic (exact) mass is 481 g/mol. The topological polar surface area (TPSA) is 70.6 Å². The summed E-state index contributed by atoms with van der Waals surface area (Å²) < 4.78 is 19.7. The first-order valence-electron chi connectivity index (χ1n) is 11.6. The van der Waals surface area contributed by atoms with Gasteiger partial charge in [-0.15, -0.1) is 0 Å². The quantitative estimate of drug-likeness (QED) is 0.508. The van der Waals surface area contributed by atoms with Gasteiger partial charge in [0.05, 0.1) is 18.3 Å². The SMILES string of the molecule is CCc1cc(Nc2ncnc3cc(OC)c(N4CC5(CCN(C)CC5)PC4=O)cc23)ccc1F. The van der Waals surface area contributed by atoms with Crippen LogP contribution in [0.25, 0.3) is 10.9 Å². The molecule has 1 N–H and O–H groups in total. The Morgan fingerprint density at radius 3 is 2.74 bits per heavy atom. The summed E-state index contributed by atoms with van der Waals surface area (Å²) in [6.07, 6.45) is 4.15. The lowest BCUT2D eigenvalue weighted by molar-refractivity contribution is 0.242. The molecule has 7 nitrogen and oxygen atoms in total. The number of anilines is 3. The van der Waals surface area contributed by atoms with Crippen molar-refractivity contribution in [2.75, 3.05) is 44.0 Å². The lowest BCUT2D eigenvalue weighted by Crippen LogP contribution is -2.42.